The summed E-state index contributed by atoms with van der Waals surface area (Å²) in [6.07, 6.45) is 7.03. The molecule has 2 aliphatic rings. The number of amides is 2. The Hall–Kier alpha value is -2.08. The Bertz CT molecular complexity index is 759. The number of rotatable bonds is 11. The van der Waals surface area contributed by atoms with Gasteiger partial charge in [-0.3, -0.25) is 4.79 Å². The largest absolute Gasteiger partial charge is 0.446 e. The number of ether oxygens (including phenoxy) is 1. The zero-order valence-corrected chi connectivity index (χ0v) is 21.2. The van der Waals surface area contributed by atoms with Gasteiger partial charge in [0.2, 0.25) is 5.91 Å². The van der Waals surface area contributed by atoms with Gasteiger partial charge in [-0.15, -0.1) is 0 Å². The molecule has 0 spiro atoms. The lowest BCUT2D eigenvalue weighted by atomic mass is 9.83. The molecule has 34 heavy (non-hydrogen) atoms. The molecule has 2 fully saturated rings. The molecule has 1 saturated carbocycles. The minimum atomic E-state index is -0.472. The lowest BCUT2D eigenvalue weighted by Gasteiger charge is -2.30. The van der Waals surface area contributed by atoms with Gasteiger partial charge in [0, 0.05) is 18.5 Å². The molecule has 1 unspecified atom stereocenters. The monoisotopic (exact) mass is 472 g/mol. The molecule has 0 bridgehead atoms. The first-order valence-corrected chi connectivity index (χ1v) is 13.3. The van der Waals surface area contributed by atoms with Gasteiger partial charge < -0.3 is 20.5 Å². The zero-order chi connectivity index (χ0) is 24.5. The van der Waals surface area contributed by atoms with Crippen LogP contribution in [0.15, 0.2) is 30.3 Å². The Balaban J connectivity index is 1.46. The number of carbonyl (C=O) groups excluding carboxylic acids is 2. The molecule has 0 aromatic heterocycles. The SMILES string of the molecule is CC(C)C[C@@H](CC[C@@H](C[C@@H]1CCNC1=O)C(C)O)NC(=O)OC1CCC(c2ccccc2)CC1. The van der Waals surface area contributed by atoms with Gasteiger partial charge in [0.15, 0.2) is 0 Å². The van der Waals surface area contributed by atoms with Crippen molar-refractivity contribution in [2.75, 3.05) is 6.54 Å². The molecule has 3 rings (SSSR count). The molecule has 1 aliphatic heterocycles. The Morgan fingerprint density at radius 2 is 1.79 bits per heavy atom. The molecule has 190 valence electrons. The van der Waals surface area contributed by atoms with E-state index in [0.717, 1.165) is 57.9 Å². The van der Waals surface area contributed by atoms with Crippen molar-refractivity contribution in [1.82, 2.24) is 10.6 Å². The molecule has 1 aliphatic carbocycles. The topological polar surface area (TPSA) is 87.7 Å². The van der Waals surface area contributed by atoms with E-state index in [9.17, 15) is 14.7 Å². The fourth-order valence-electron chi connectivity index (χ4n) is 5.62. The Labute approximate surface area is 205 Å². The maximum absolute atomic E-state index is 12.7. The number of hydrogen-bond donors (Lipinski definition) is 3. The van der Waals surface area contributed by atoms with E-state index in [-0.39, 0.29) is 36.0 Å². The van der Waals surface area contributed by atoms with Gasteiger partial charge in [-0.05, 0) is 88.0 Å². The summed E-state index contributed by atoms with van der Waals surface area (Å²) in [6, 6.07) is 10.6. The summed E-state index contributed by atoms with van der Waals surface area (Å²) in [6.45, 7) is 6.84. The third kappa shape index (κ3) is 8.30. The number of nitrogens with one attached hydrogen (secondary N) is 2. The van der Waals surface area contributed by atoms with Gasteiger partial charge in [-0.2, -0.15) is 0 Å². The summed E-state index contributed by atoms with van der Waals surface area (Å²) in [7, 11) is 0. The van der Waals surface area contributed by atoms with Crippen molar-refractivity contribution < 1.29 is 19.4 Å². The van der Waals surface area contributed by atoms with Crippen LogP contribution in [0, 0.1) is 17.8 Å². The quantitative estimate of drug-likeness (QED) is 0.415. The number of benzene rings is 1. The van der Waals surface area contributed by atoms with E-state index in [1.54, 1.807) is 0 Å². The van der Waals surface area contributed by atoms with Crippen LogP contribution >= 0.6 is 0 Å². The van der Waals surface area contributed by atoms with Crippen LogP contribution in [0.4, 0.5) is 4.79 Å². The van der Waals surface area contributed by atoms with Crippen LogP contribution < -0.4 is 10.6 Å². The Morgan fingerprint density at radius 1 is 1.09 bits per heavy atom. The summed E-state index contributed by atoms with van der Waals surface area (Å²) >= 11 is 0. The predicted octanol–water partition coefficient (Wildman–Crippen LogP) is 5.16. The first-order chi connectivity index (χ1) is 16.3. The third-order valence-electron chi connectivity index (χ3n) is 7.62. The van der Waals surface area contributed by atoms with Crippen molar-refractivity contribution in [3.05, 3.63) is 35.9 Å². The summed E-state index contributed by atoms with van der Waals surface area (Å²) < 4.78 is 5.81. The highest BCUT2D eigenvalue weighted by molar-refractivity contribution is 5.80. The van der Waals surface area contributed by atoms with Crippen LogP contribution in [-0.4, -0.2) is 41.9 Å². The molecule has 2 amide bonds. The molecular weight excluding hydrogens is 428 g/mol. The average molecular weight is 473 g/mol. The second-order valence-corrected chi connectivity index (χ2v) is 10.9. The smallest absolute Gasteiger partial charge is 0.407 e. The van der Waals surface area contributed by atoms with Crippen LogP contribution in [0.25, 0.3) is 0 Å². The van der Waals surface area contributed by atoms with E-state index in [1.165, 1.54) is 5.56 Å². The lowest BCUT2D eigenvalue weighted by Crippen LogP contribution is -2.39. The summed E-state index contributed by atoms with van der Waals surface area (Å²) in [5.74, 6) is 1.14. The van der Waals surface area contributed by atoms with Crippen LogP contribution in [0.1, 0.15) is 90.0 Å². The molecule has 4 atom stereocenters. The van der Waals surface area contributed by atoms with Crippen molar-refractivity contribution in [2.24, 2.45) is 17.8 Å². The van der Waals surface area contributed by atoms with E-state index >= 15 is 0 Å². The van der Waals surface area contributed by atoms with E-state index in [4.69, 9.17) is 4.74 Å². The van der Waals surface area contributed by atoms with Crippen LogP contribution in [-0.2, 0) is 9.53 Å². The van der Waals surface area contributed by atoms with Crippen molar-refractivity contribution in [3.8, 4) is 0 Å². The molecule has 1 saturated heterocycles. The Kier molecular flexibility index (Phi) is 10.2. The molecule has 0 radical (unpaired) electrons. The van der Waals surface area contributed by atoms with E-state index in [1.807, 2.05) is 13.0 Å². The van der Waals surface area contributed by atoms with E-state index in [0.29, 0.717) is 18.3 Å². The zero-order valence-electron chi connectivity index (χ0n) is 21.2. The third-order valence-corrected chi connectivity index (χ3v) is 7.62. The van der Waals surface area contributed by atoms with Gasteiger partial charge in [0.1, 0.15) is 6.10 Å². The first-order valence-electron chi connectivity index (χ1n) is 13.3. The molecule has 1 heterocycles. The first kappa shape index (κ1) is 26.5. The molecule has 3 N–H and O–H groups in total. The van der Waals surface area contributed by atoms with Crippen molar-refractivity contribution >= 4 is 12.0 Å². The van der Waals surface area contributed by atoms with E-state index < -0.39 is 6.10 Å². The summed E-state index contributed by atoms with van der Waals surface area (Å²) in [4.78, 5) is 24.7. The maximum Gasteiger partial charge on any atom is 0.407 e. The predicted molar refractivity (Wildman–Crippen MR) is 134 cm³/mol. The van der Waals surface area contributed by atoms with Gasteiger partial charge >= 0.3 is 6.09 Å². The minimum Gasteiger partial charge on any atom is -0.446 e. The second kappa shape index (κ2) is 13.1. The highest BCUT2D eigenvalue weighted by atomic mass is 16.6. The second-order valence-electron chi connectivity index (χ2n) is 10.9. The Morgan fingerprint density at radius 3 is 2.38 bits per heavy atom. The van der Waals surface area contributed by atoms with Gasteiger partial charge in [0.25, 0.3) is 0 Å². The van der Waals surface area contributed by atoms with Gasteiger partial charge in [-0.25, -0.2) is 4.79 Å². The van der Waals surface area contributed by atoms with Crippen molar-refractivity contribution in [1.29, 1.82) is 0 Å². The molecule has 6 heteroatoms. The number of alkyl carbamates (subject to hydrolysis) is 1. The fourth-order valence-corrected chi connectivity index (χ4v) is 5.62. The molecule has 6 nitrogen and oxygen atoms in total. The number of hydrogen-bond acceptors (Lipinski definition) is 4. The molecule has 1 aromatic rings. The molecule has 1 aromatic carbocycles. The van der Waals surface area contributed by atoms with Crippen LogP contribution in [0.3, 0.4) is 0 Å². The van der Waals surface area contributed by atoms with E-state index in [2.05, 4.69) is 48.7 Å². The minimum absolute atomic E-state index is 0.00631. The van der Waals surface area contributed by atoms with Crippen LogP contribution in [0.2, 0.25) is 0 Å². The van der Waals surface area contributed by atoms with Crippen molar-refractivity contribution in [3.63, 3.8) is 0 Å². The standard InChI is InChI=1S/C28H44N2O4/c1-19(2)17-25(12-9-23(20(3)31)18-24-15-16-29-27(24)32)30-28(33)34-26-13-10-22(11-14-26)21-7-5-4-6-8-21/h4-8,19-20,22-26,31H,9-18H2,1-3H3,(H,29,32)(H,30,33)/t20?,22?,23-,24-,25+,26?/m0/s1. The normalized spacial score (nSPS) is 25.4. The fraction of sp³-hybridized carbons (Fsp3) is 0.714. The highest BCUT2D eigenvalue weighted by Gasteiger charge is 2.30. The van der Waals surface area contributed by atoms with Crippen molar-refractivity contribution in [2.45, 2.75) is 103 Å². The average Bonchev–Trinajstić information content (AvgIpc) is 3.21. The van der Waals surface area contributed by atoms with Gasteiger partial charge in [-0.1, -0.05) is 44.2 Å². The van der Waals surface area contributed by atoms with Crippen LogP contribution in [0.5, 0.6) is 0 Å². The van der Waals surface area contributed by atoms with Gasteiger partial charge in [0.05, 0.1) is 6.10 Å². The summed E-state index contributed by atoms with van der Waals surface area (Å²) in [5.41, 5.74) is 1.38. The summed E-state index contributed by atoms with van der Waals surface area (Å²) in [5, 5.41) is 16.3. The lowest BCUT2D eigenvalue weighted by molar-refractivity contribution is -0.123. The number of carbonyl (C=O) groups is 2. The number of aliphatic hydroxyl groups is 1. The maximum atomic E-state index is 12.7. The highest BCUT2D eigenvalue weighted by Crippen LogP contribution is 2.34. The number of aliphatic hydroxyl groups excluding tert-OH is 1. The molecular formula is C28H44N2O4.